The molecule has 1 heterocycles. The van der Waals surface area contributed by atoms with Crippen molar-refractivity contribution in [1.82, 2.24) is 5.32 Å². The van der Waals surface area contributed by atoms with Crippen LogP contribution in [0.1, 0.15) is 37.8 Å². The lowest BCUT2D eigenvalue weighted by Crippen LogP contribution is -2.30. The number of carbonyl (C=O) groups excluding carboxylic acids is 1. The zero-order valence-electron chi connectivity index (χ0n) is 15.2. The van der Waals surface area contributed by atoms with Gasteiger partial charge in [0, 0.05) is 35.5 Å². The highest BCUT2D eigenvalue weighted by Gasteiger charge is 2.11. The molecule has 0 radical (unpaired) electrons. The summed E-state index contributed by atoms with van der Waals surface area (Å²) in [6, 6.07) is 15.9. The van der Waals surface area contributed by atoms with Crippen molar-refractivity contribution in [1.29, 1.82) is 0 Å². The van der Waals surface area contributed by atoms with E-state index in [4.69, 9.17) is 11.6 Å². The summed E-state index contributed by atoms with van der Waals surface area (Å²) < 4.78 is 0. The smallest absolute Gasteiger partial charge is 0.238 e. The number of benzene rings is 2. The number of carbonyl (C=O) groups is 1. The van der Waals surface area contributed by atoms with Crippen molar-refractivity contribution in [3.05, 3.63) is 59.1 Å². The van der Waals surface area contributed by atoms with Crippen molar-refractivity contribution in [3.63, 3.8) is 0 Å². The van der Waals surface area contributed by atoms with Crippen LogP contribution in [0.3, 0.4) is 0 Å². The summed E-state index contributed by atoms with van der Waals surface area (Å²) in [4.78, 5) is 14.6. The first-order chi connectivity index (χ1) is 12.6. The summed E-state index contributed by atoms with van der Waals surface area (Å²) in [6.07, 6.45) is 3.85. The number of hydrogen-bond donors (Lipinski definition) is 2. The Morgan fingerprint density at radius 3 is 2.35 bits per heavy atom. The Balaban J connectivity index is 1.47. The number of amides is 1. The molecule has 0 aromatic heterocycles. The van der Waals surface area contributed by atoms with Gasteiger partial charge in [0.2, 0.25) is 5.91 Å². The summed E-state index contributed by atoms with van der Waals surface area (Å²) >= 11 is 5.91. The fourth-order valence-electron chi connectivity index (χ4n) is 3.23. The molecule has 1 aliphatic rings. The Morgan fingerprint density at radius 2 is 1.69 bits per heavy atom. The van der Waals surface area contributed by atoms with Crippen LogP contribution < -0.4 is 15.5 Å². The predicted molar refractivity (Wildman–Crippen MR) is 109 cm³/mol. The third-order valence-electron chi connectivity index (χ3n) is 4.81. The third kappa shape index (κ3) is 5.23. The number of rotatable bonds is 6. The lowest BCUT2D eigenvalue weighted by Gasteiger charge is -2.28. The first kappa shape index (κ1) is 18.7. The van der Waals surface area contributed by atoms with Gasteiger partial charge >= 0.3 is 0 Å². The lowest BCUT2D eigenvalue weighted by atomic mass is 10.1. The molecule has 1 fully saturated rings. The summed E-state index contributed by atoms with van der Waals surface area (Å²) in [5, 5.41) is 6.90. The lowest BCUT2D eigenvalue weighted by molar-refractivity contribution is -0.115. The molecule has 2 aromatic carbocycles. The van der Waals surface area contributed by atoms with Gasteiger partial charge in [0.05, 0.1) is 6.54 Å². The van der Waals surface area contributed by atoms with Crippen molar-refractivity contribution in [2.75, 3.05) is 29.9 Å². The van der Waals surface area contributed by atoms with E-state index in [1.807, 2.05) is 43.3 Å². The van der Waals surface area contributed by atoms with Crippen molar-refractivity contribution >= 4 is 28.9 Å². The number of piperidine rings is 1. The zero-order chi connectivity index (χ0) is 18.4. The van der Waals surface area contributed by atoms with Gasteiger partial charge in [0.1, 0.15) is 0 Å². The van der Waals surface area contributed by atoms with Gasteiger partial charge in [-0.05, 0) is 68.1 Å². The molecular weight excluding hydrogens is 346 g/mol. The van der Waals surface area contributed by atoms with E-state index in [0.29, 0.717) is 5.02 Å². The number of nitrogens with zero attached hydrogens (tertiary/aromatic N) is 1. The Bertz CT molecular complexity index is 709. The number of hydrogen-bond acceptors (Lipinski definition) is 3. The van der Waals surface area contributed by atoms with Gasteiger partial charge in [-0.1, -0.05) is 23.7 Å². The van der Waals surface area contributed by atoms with Gasteiger partial charge in [-0.15, -0.1) is 0 Å². The molecule has 3 rings (SSSR count). The first-order valence-corrected chi connectivity index (χ1v) is 9.63. The molecule has 2 N–H and O–H groups in total. The van der Waals surface area contributed by atoms with Crippen LogP contribution in [-0.2, 0) is 4.79 Å². The van der Waals surface area contributed by atoms with Gasteiger partial charge < -0.3 is 15.5 Å². The van der Waals surface area contributed by atoms with Crippen LogP contribution in [0.4, 0.5) is 11.4 Å². The molecule has 1 aliphatic heterocycles. The second-order valence-corrected chi connectivity index (χ2v) is 7.23. The molecule has 0 aliphatic carbocycles. The topological polar surface area (TPSA) is 44.4 Å². The van der Waals surface area contributed by atoms with Gasteiger partial charge in [-0.2, -0.15) is 0 Å². The van der Waals surface area contributed by atoms with E-state index in [-0.39, 0.29) is 18.5 Å². The van der Waals surface area contributed by atoms with E-state index in [1.165, 1.54) is 24.9 Å². The summed E-state index contributed by atoms with van der Waals surface area (Å²) in [5.74, 6) is -0.0449. The molecular formula is C21H26ClN3O. The van der Waals surface area contributed by atoms with Crippen LogP contribution in [-0.4, -0.2) is 25.5 Å². The quantitative estimate of drug-likeness (QED) is 0.778. The van der Waals surface area contributed by atoms with Crippen LogP contribution in [0.2, 0.25) is 5.02 Å². The molecule has 138 valence electrons. The summed E-state index contributed by atoms with van der Waals surface area (Å²) in [5.41, 5.74) is 3.17. The maximum Gasteiger partial charge on any atom is 0.238 e. The van der Waals surface area contributed by atoms with Crippen molar-refractivity contribution < 1.29 is 4.79 Å². The molecule has 1 atom stereocenters. The zero-order valence-corrected chi connectivity index (χ0v) is 15.9. The Hall–Kier alpha value is -2.04. The maximum absolute atomic E-state index is 12.2. The number of anilines is 2. The predicted octanol–water partition coefficient (Wildman–Crippen LogP) is 4.62. The number of halogens is 1. The van der Waals surface area contributed by atoms with Gasteiger partial charge in [-0.3, -0.25) is 4.79 Å². The standard InChI is InChI=1S/C21H26ClN3O/c1-16(17-5-7-18(22)8-6-17)23-15-21(26)24-19-9-11-20(12-10-19)25-13-3-2-4-14-25/h5-12,16,23H,2-4,13-15H2,1H3,(H,24,26)/t16-/m1/s1. The molecule has 1 amide bonds. The number of nitrogens with one attached hydrogen (secondary N) is 2. The van der Waals surface area contributed by atoms with Gasteiger partial charge in [-0.25, -0.2) is 0 Å². The molecule has 0 unspecified atom stereocenters. The van der Waals surface area contributed by atoms with Crippen LogP contribution in [0, 0.1) is 0 Å². The fourth-order valence-corrected chi connectivity index (χ4v) is 3.35. The molecule has 5 heteroatoms. The fraction of sp³-hybridized carbons (Fsp3) is 0.381. The average Bonchev–Trinajstić information content (AvgIpc) is 2.68. The molecule has 4 nitrogen and oxygen atoms in total. The van der Waals surface area contributed by atoms with Crippen molar-refractivity contribution in [2.45, 2.75) is 32.2 Å². The van der Waals surface area contributed by atoms with Gasteiger partial charge in [0.25, 0.3) is 0 Å². The maximum atomic E-state index is 12.2. The third-order valence-corrected chi connectivity index (χ3v) is 5.06. The highest BCUT2D eigenvalue weighted by atomic mass is 35.5. The Kier molecular flexibility index (Phi) is 6.53. The van der Waals surface area contributed by atoms with E-state index in [9.17, 15) is 4.79 Å². The van der Waals surface area contributed by atoms with Crippen LogP contribution in [0.25, 0.3) is 0 Å². The van der Waals surface area contributed by atoms with Crippen molar-refractivity contribution in [3.8, 4) is 0 Å². The van der Waals surface area contributed by atoms with Crippen LogP contribution in [0.15, 0.2) is 48.5 Å². The van der Waals surface area contributed by atoms with E-state index in [0.717, 1.165) is 24.3 Å². The highest BCUT2D eigenvalue weighted by molar-refractivity contribution is 6.30. The second kappa shape index (κ2) is 9.06. The molecule has 0 saturated carbocycles. The summed E-state index contributed by atoms with van der Waals surface area (Å²) in [6.45, 7) is 4.54. The van der Waals surface area contributed by atoms with E-state index >= 15 is 0 Å². The minimum atomic E-state index is -0.0449. The van der Waals surface area contributed by atoms with Crippen LogP contribution in [0.5, 0.6) is 0 Å². The Labute approximate surface area is 160 Å². The molecule has 1 saturated heterocycles. The minimum absolute atomic E-state index is 0.0449. The Morgan fingerprint density at radius 1 is 1.04 bits per heavy atom. The highest BCUT2D eigenvalue weighted by Crippen LogP contribution is 2.22. The molecule has 0 spiro atoms. The second-order valence-electron chi connectivity index (χ2n) is 6.80. The molecule has 0 bridgehead atoms. The molecule has 2 aromatic rings. The van der Waals surface area contributed by atoms with E-state index in [2.05, 4.69) is 27.7 Å². The van der Waals surface area contributed by atoms with Gasteiger partial charge in [0.15, 0.2) is 0 Å². The monoisotopic (exact) mass is 371 g/mol. The first-order valence-electron chi connectivity index (χ1n) is 9.25. The van der Waals surface area contributed by atoms with Crippen LogP contribution >= 0.6 is 11.6 Å². The van der Waals surface area contributed by atoms with E-state index < -0.39 is 0 Å². The normalized spacial score (nSPS) is 15.5. The largest absolute Gasteiger partial charge is 0.372 e. The SMILES string of the molecule is C[C@@H](NCC(=O)Nc1ccc(N2CCCCC2)cc1)c1ccc(Cl)cc1. The molecule has 26 heavy (non-hydrogen) atoms. The minimum Gasteiger partial charge on any atom is -0.372 e. The van der Waals surface area contributed by atoms with E-state index in [1.54, 1.807) is 0 Å². The summed E-state index contributed by atoms with van der Waals surface area (Å²) in [7, 11) is 0. The average molecular weight is 372 g/mol. The van der Waals surface area contributed by atoms with Crippen molar-refractivity contribution in [2.24, 2.45) is 0 Å².